The van der Waals surface area contributed by atoms with Crippen LogP contribution in [0.1, 0.15) is 49.2 Å². The third-order valence-corrected chi connectivity index (χ3v) is 5.54. The van der Waals surface area contributed by atoms with E-state index in [1.165, 1.54) is 44.3 Å². The molecule has 0 spiro atoms. The van der Waals surface area contributed by atoms with Gasteiger partial charge in [0.05, 0.1) is 16.8 Å². The van der Waals surface area contributed by atoms with Gasteiger partial charge in [-0.2, -0.15) is 0 Å². The Hall–Kier alpha value is -0.450. The van der Waals surface area contributed by atoms with Crippen molar-refractivity contribution >= 4 is 11.3 Å². The van der Waals surface area contributed by atoms with Crippen LogP contribution in [0.3, 0.4) is 0 Å². The van der Waals surface area contributed by atoms with Crippen molar-refractivity contribution < 1.29 is 5.11 Å². The van der Waals surface area contributed by atoms with E-state index < -0.39 is 0 Å². The first-order chi connectivity index (χ1) is 9.24. The standard InChI is InChI=1S/C15H24N2OS/c1-11-16-12(10-19-11)9-17-8-3-2-6-14(17)13-5-4-7-15(13)18/h10,13-15,18H,2-9H2,1H3. The van der Waals surface area contributed by atoms with E-state index in [2.05, 4.69) is 22.2 Å². The van der Waals surface area contributed by atoms with E-state index in [1.54, 1.807) is 11.3 Å². The number of aliphatic hydroxyl groups is 1. The molecule has 1 N–H and O–H groups in total. The minimum atomic E-state index is -0.0669. The number of likely N-dealkylation sites (tertiary alicyclic amines) is 1. The highest BCUT2D eigenvalue weighted by Crippen LogP contribution is 2.35. The first-order valence-corrected chi connectivity index (χ1v) is 8.45. The fraction of sp³-hybridized carbons (Fsp3) is 0.800. The van der Waals surface area contributed by atoms with Gasteiger partial charge in [0.25, 0.3) is 0 Å². The lowest BCUT2D eigenvalue weighted by atomic mass is 9.87. The van der Waals surface area contributed by atoms with Gasteiger partial charge in [-0.05, 0) is 39.2 Å². The van der Waals surface area contributed by atoms with Crippen LogP contribution in [0.5, 0.6) is 0 Å². The van der Waals surface area contributed by atoms with Crippen molar-refractivity contribution in [1.82, 2.24) is 9.88 Å². The van der Waals surface area contributed by atoms with Crippen LogP contribution >= 0.6 is 11.3 Å². The second kappa shape index (κ2) is 5.90. The molecule has 2 heterocycles. The summed E-state index contributed by atoms with van der Waals surface area (Å²) in [6, 6.07) is 0.577. The van der Waals surface area contributed by atoms with E-state index in [-0.39, 0.29) is 6.10 Å². The summed E-state index contributed by atoms with van der Waals surface area (Å²) < 4.78 is 0. The zero-order valence-electron chi connectivity index (χ0n) is 11.7. The van der Waals surface area contributed by atoms with Crippen LogP contribution in [0.2, 0.25) is 0 Å². The average Bonchev–Trinajstić information content (AvgIpc) is 2.99. The van der Waals surface area contributed by atoms with Gasteiger partial charge in [-0.15, -0.1) is 11.3 Å². The summed E-state index contributed by atoms with van der Waals surface area (Å²) in [6.07, 6.45) is 7.21. The van der Waals surface area contributed by atoms with Gasteiger partial charge >= 0.3 is 0 Å². The maximum absolute atomic E-state index is 10.2. The predicted octanol–water partition coefficient (Wildman–Crippen LogP) is 2.97. The molecule has 1 aromatic heterocycles. The molecule has 1 aliphatic heterocycles. The smallest absolute Gasteiger partial charge is 0.0897 e. The first kappa shape index (κ1) is 13.5. The molecular weight excluding hydrogens is 256 g/mol. The average molecular weight is 280 g/mol. The van der Waals surface area contributed by atoms with Crippen molar-refractivity contribution in [3.05, 3.63) is 16.1 Å². The van der Waals surface area contributed by atoms with Gasteiger partial charge in [0, 0.05) is 23.9 Å². The third kappa shape index (κ3) is 3.01. The number of aromatic nitrogens is 1. The molecule has 3 rings (SSSR count). The summed E-state index contributed by atoms with van der Waals surface area (Å²) in [5.74, 6) is 0.500. The van der Waals surface area contributed by atoms with Gasteiger partial charge in [0.2, 0.25) is 0 Å². The molecule has 0 bridgehead atoms. The number of thiazole rings is 1. The van der Waals surface area contributed by atoms with Crippen LogP contribution in [0.15, 0.2) is 5.38 Å². The zero-order chi connectivity index (χ0) is 13.2. The van der Waals surface area contributed by atoms with E-state index in [0.717, 1.165) is 18.0 Å². The summed E-state index contributed by atoms with van der Waals surface area (Å²) in [7, 11) is 0. The molecule has 0 amide bonds. The van der Waals surface area contributed by atoms with E-state index in [4.69, 9.17) is 0 Å². The highest BCUT2D eigenvalue weighted by atomic mass is 32.1. The summed E-state index contributed by atoms with van der Waals surface area (Å²) in [6.45, 7) is 4.21. The highest BCUT2D eigenvalue weighted by molar-refractivity contribution is 7.09. The molecule has 1 aliphatic carbocycles. The Morgan fingerprint density at radius 3 is 2.89 bits per heavy atom. The van der Waals surface area contributed by atoms with E-state index in [9.17, 15) is 5.11 Å². The van der Waals surface area contributed by atoms with Crippen LogP contribution in [0.4, 0.5) is 0 Å². The Morgan fingerprint density at radius 1 is 1.32 bits per heavy atom. The molecule has 1 aromatic rings. The van der Waals surface area contributed by atoms with Gasteiger partial charge in [-0.1, -0.05) is 12.8 Å². The molecule has 3 unspecified atom stereocenters. The number of aryl methyl sites for hydroxylation is 1. The number of rotatable bonds is 3. The number of nitrogens with zero attached hydrogens (tertiary/aromatic N) is 2. The van der Waals surface area contributed by atoms with Crippen molar-refractivity contribution in [2.45, 2.75) is 64.1 Å². The molecule has 4 heteroatoms. The van der Waals surface area contributed by atoms with Gasteiger partial charge in [-0.3, -0.25) is 4.90 Å². The van der Waals surface area contributed by atoms with Crippen molar-refractivity contribution in [1.29, 1.82) is 0 Å². The van der Waals surface area contributed by atoms with Gasteiger partial charge in [0.1, 0.15) is 0 Å². The van der Waals surface area contributed by atoms with Gasteiger partial charge in [-0.25, -0.2) is 4.98 Å². The van der Waals surface area contributed by atoms with Crippen molar-refractivity contribution in [3.8, 4) is 0 Å². The van der Waals surface area contributed by atoms with Crippen molar-refractivity contribution in [2.24, 2.45) is 5.92 Å². The molecule has 0 aromatic carbocycles. The van der Waals surface area contributed by atoms with E-state index >= 15 is 0 Å². The number of piperidine rings is 1. The Bertz CT molecular complexity index is 420. The van der Waals surface area contributed by atoms with Crippen molar-refractivity contribution in [2.75, 3.05) is 6.54 Å². The van der Waals surface area contributed by atoms with E-state index in [1.807, 2.05) is 0 Å². The van der Waals surface area contributed by atoms with Crippen LogP contribution in [-0.2, 0) is 6.54 Å². The van der Waals surface area contributed by atoms with Gasteiger partial charge in [0.15, 0.2) is 0 Å². The highest BCUT2D eigenvalue weighted by Gasteiger charge is 2.36. The third-order valence-electron chi connectivity index (χ3n) is 4.72. The maximum atomic E-state index is 10.2. The predicted molar refractivity (Wildman–Crippen MR) is 78.2 cm³/mol. The fourth-order valence-corrected chi connectivity index (χ4v) is 4.41. The molecule has 1 saturated heterocycles. The normalized spacial score (nSPS) is 32.8. The molecule has 3 atom stereocenters. The quantitative estimate of drug-likeness (QED) is 0.925. The molecule has 2 fully saturated rings. The molecule has 1 saturated carbocycles. The fourth-order valence-electron chi connectivity index (χ4n) is 3.80. The van der Waals surface area contributed by atoms with Crippen molar-refractivity contribution in [3.63, 3.8) is 0 Å². The second-order valence-electron chi connectivity index (χ2n) is 6.05. The Balaban J connectivity index is 1.70. The Morgan fingerprint density at radius 2 is 2.21 bits per heavy atom. The summed E-state index contributed by atoms with van der Waals surface area (Å²) in [4.78, 5) is 7.18. The Labute approximate surface area is 119 Å². The monoisotopic (exact) mass is 280 g/mol. The lowest BCUT2D eigenvalue weighted by Gasteiger charge is -2.40. The summed E-state index contributed by atoms with van der Waals surface area (Å²) >= 11 is 1.74. The van der Waals surface area contributed by atoms with Crippen LogP contribution < -0.4 is 0 Å². The van der Waals surface area contributed by atoms with Crippen LogP contribution in [0.25, 0.3) is 0 Å². The largest absolute Gasteiger partial charge is 0.393 e. The molecule has 2 aliphatic rings. The van der Waals surface area contributed by atoms with Crippen LogP contribution in [-0.4, -0.2) is 33.7 Å². The summed E-state index contributed by atoms with van der Waals surface area (Å²) in [5.41, 5.74) is 1.21. The molecular formula is C15H24N2OS. The Kier molecular flexibility index (Phi) is 4.20. The minimum absolute atomic E-state index is 0.0669. The number of hydrogen-bond donors (Lipinski definition) is 1. The number of aliphatic hydroxyl groups excluding tert-OH is 1. The molecule has 3 nitrogen and oxygen atoms in total. The zero-order valence-corrected chi connectivity index (χ0v) is 12.5. The summed E-state index contributed by atoms with van der Waals surface area (Å²) in [5, 5.41) is 13.5. The molecule has 106 valence electrons. The van der Waals surface area contributed by atoms with Gasteiger partial charge < -0.3 is 5.11 Å². The van der Waals surface area contributed by atoms with E-state index in [0.29, 0.717) is 12.0 Å². The lowest BCUT2D eigenvalue weighted by Crippen LogP contribution is -2.45. The second-order valence-corrected chi connectivity index (χ2v) is 7.12. The molecule has 0 radical (unpaired) electrons. The number of hydrogen-bond acceptors (Lipinski definition) is 4. The minimum Gasteiger partial charge on any atom is -0.393 e. The topological polar surface area (TPSA) is 36.4 Å². The first-order valence-electron chi connectivity index (χ1n) is 7.57. The molecule has 19 heavy (non-hydrogen) atoms. The maximum Gasteiger partial charge on any atom is 0.0897 e. The lowest BCUT2D eigenvalue weighted by molar-refractivity contribution is 0.0307. The van der Waals surface area contributed by atoms with Crippen LogP contribution in [0, 0.1) is 12.8 Å². The SMILES string of the molecule is Cc1nc(CN2CCCCC2C2CCCC2O)cs1.